The van der Waals surface area contributed by atoms with E-state index in [-0.39, 0.29) is 5.92 Å². The summed E-state index contributed by atoms with van der Waals surface area (Å²) in [6.45, 7) is 3.93. The van der Waals surface area contributed by atoms with Crippen molar-refractivity contribution in [2.24, 2.45) is 5.92 Å². The number of ether oxygens (including phenoxy) is 1. The van der Waals surface area contributed by atoms with Gasteiger partial charge in [0, 0.05) is 4.47 Å². The van der Waals surface area contributed by atoms with Gasteiger partial charge in [-0.15, -0.1) is 0 Å². The Morgan fingerprint density at radius 2 is 2.05 bits per heavy atom. The van der Waals surface area contributed by atoms with Crippen molar-refractivity contribution in [1.29, 1.82) is 0 Å². The summed E-state index contributed by atoms with van der Waals surface area (Å²) in [4.78, 5) is 23.9. The topological polar surface area (TPSA) is 55.4 Å². The largest absolute Gasteiger partial charge is 0.467 e. The SMILES string of the molecule is COC(=O)C(CC(C)C)NC(=O)c1cccc(Br)c1Cl. The van der Waals surface area contributed by atoms with E-state index >= 15 is 0 Å². The van der Waals surface area contributed by atoms with Crippen molar-refractivity contribution in [2.75, 3.05) is 7.11 Å². The predicted octanol–water partition coefficient (Wildman–Crippen LogP) is 3.42. The van der Waals surface area contributed by atoms with E-state index in [0.717, 1.165) is 0 Å². The summed E-state index contributed by atoms with van der Waals surface area (Å²) in [5, 5.41) is 2.98. The van der Waals surface area contributed by atoms with E-state index in [2.05, 4.69) is 21.2 Å². The molecule has 1 aromatic rings. The Hall–Kier alpha value is -1.07. The first-order valence-corrected chi connectivity index (χ1v) is 7.36. The van der Waals surface area contributed by atoms with Crippen LogP contribution >= 0.6 is 27.5 Å². The van der Waals surface area contributed by atoms with Gasteiger partial charge in [-0.2, -0.15) is 0 Å². The summed E-state index contributed by atoms with van der Waals surface area (Å²) in [5.74, 6) is -0.608. The van der Waals surface area contributed by atoms with E-state index < -0.39 is 17.9 Å². The minimum Gasteiger partial charge on any atom is -0.467 e. The fourth-order valence-corrected chi connectivity index (χ4v) is 2.32. The molecular formula is C14H17BrClNO3. The summed E-state index contributed by atoms with van der Waals surface area (Å²) < 4.78 is 5.34. The Labute approximate surface area is 132 Å². The van der Waals surface area contributed by atoms with Crippen LogP contribution in [0, 0.1) is 5.92 Å². The van der Waals surface area contributed by atoms with Gasteiger partial charge < -0.3 is 10.1 Å². The summed E-state index contributed by atoms with van der Waals surface area (Å²) in [5.41, 5.74) is 0.318. The van der Waals surface area contributed by atoms with Crippen molar-refractivity contribution < 1.29 is 14.3 Å². The number of nitrogens with one attached hydrogen (secondary N) is 1. The van der Waals surface area contributed by atoms with Gasteiger partial charge in [0.15, 0.2) is 0 Å². The van der Waals surface area contributed by atoms with E-state index in [1.54, 1.807) is 18.2 Å². The fraction of sp³-hybridized carbons (Fsp3) is 0.429. The first-order chi connectivity index (χ1) is 9.36. The molecule has 1 rings (SSSR count). The number of amides is 1. The molecule has 0 aliphatic rings. The second kappa shape index (κ2) is 7.64. The van der Waals surface area contributed by atoms with Crippen molar-refractivity contribution >= 4 is 39.4 Å². The predicted molar refractivity (Wildman–Crippen MR) is 81.9 cm³/mol. The molecule has 6 heteroatoms. The molecule has 0 aromatic heterocycles. The van der Waals surface area contributed by atoms with Gasteiger partial charge in [-0.1, -0.05) is 31.5 Å². The van der Waals surface area contributed by atoms with Crippen LogP contribution in [0.2, 0.25) is 5.02 Å². The molecule has 1 aromatic carbocycles. The quantitative estimate of drug-likeness (QED) is 0.817. The summed E-state index contributed by atoms with van der Waals surface area (Å²) >= 11 is 9.33. The molecule has 0 aliphatic carbocycles. The number of hydrogen-bond acceptors (Lipinski definition) is 3. The molecule has 1 unspecified atom stereocenters. The van der Waals surface area contributed by atoms with Crippen molar-refractivity contribution in [3.8, 4) is 0 Å². The van der Waals surface area contributed by atoms with Crippen LogP contribution in [0.5, 0.6) is 0 Å². The Balaban J connectivity index is 2.90. The number of hydrogen-bond donors (Lipinski definition) is 1. The maximum Gasteiger partial charge on any atom is 0.328 e. The van der Waals surface area contributed by atoms with Crippen LogP contribution in [-0.2, 0) is 9.53 Å². The molecule has 0 bridgehead atoms. The minimum atomic E-state index is -0.678. The van der Waals surface area contributed by atoms with Crippen molar-refractivity contribution in [3.05, 3.63) is 33.3 Å². The van der Waals surface area contributed by atoms with Crippen LogP contribution in [0.3, 0.4) is 0 Å². The first-order valence-electron chi connectivity index (χ1n) is 6.19. The third kappa shape index (κ3) is 4.49. The average molecular weight is 363 g/mol. The first kappa shape index (κ1) is 17.0. The highest BCUT2D eigenvalue weighted by Crippen LogP contribution is 2.26. The molecular weight excluding hydrogens is 346 g/mol. The van der Waals surface area contributed by atoms with Gasteiger partial charge in [0.2, 0.25) is 0 Å². The molecule has 4 nitrogen and oxygen atoms in total. The Bertz CT molecular complexity index is 505. The zero-order valence-corrected chi connectivity index (χ0v) is 13.9. The highest BCUT2D eigenvalue weighted by molar-refractivity contribution is 9.10. The Kier molecular flexibility index (Phi) is 6.49. The zero-order chi connectivity index (χ0) is 15.3. The van der Waals surface area contributed by atoms with E-state index in [4.69, 9.17) is 16.3 Å². The van der Waals surface area contributed by atoms with Gasteiger partial charge in [0.05, 0.1) is 17.7 Å². The number of methoxy groups -OCH3 is 1. The average Bonchev–Trinajstić information content (AvgIpc) is 2.39. The zero-order valence-electron chi connectivity index (χ0n) is 11.6. The van der Waals surface area contributed by atoms with E-state index in [1.807, 2.05) is 13.8 Å². The van der Waals surface area contributed by atoms with Crippen LogP contribution in [0.1, 0.15) is 30.6 Å². The van der Waals surface area contributed by atoms with Gasteiger partial charge in [-0.3, -0.25) is 4.79 Å². The molecule has 0 saturated carbocycles. The van der Waals surface area contributed by atoms with Gasteiger partial charge in [0.1, 0.15) is 6.04 Å². The van der Waals surface area contributed by atoms with Crippen LogP contribution in [0.15, 0.2) is 22.7 Å². The van der Waals surface area contributed by atoms with Crippen molar-refractivity contribution in [3.63, 3.8) is 0 Å². The van der Waals surface area contributed by atoms with Gasteiger partial charge in [-0.25, -0.2) is 4.79 Å². The number of rotatable bonds is 5. The van der Waals surface area contributed by atoms with Gasteiger partial charge in [-0.05, 0) is 40.4 Å². The number of esters is 1. The Morgan fingerprint density at radius 3 is 2.60 bits per heavy atom. The molecule has 1 N–H and O–H groups in total. The molecule has 1 amide bonds. The molecule has 110 valence electrons. The second-order valence-corrected chi connectivity index (χ2v) is 6.01. The van der Waals surface area contributed by atoms with Gasteiger partial charge in [0.25, 0.3) is 5.91 Å². The molecule has 0 fully saturated rings. The van der Waals surface area contributed by atoms with E-state index in [9.17, 15) is 9.59 Å². The standard InChI is InChI=1S/C14H17BrClNO3/c1-8(2)7-11(14(19)20-3)17-13(18)9-5-4-6-10(15)12(9)16/h4-6,8,11H,7H2,1-3H3,(H,17,18). The number of carbonyl (C=O) groups is 2. The van der Waals surface area contributed by atoms with Crippen LogP contribution in [0.25, 0.3) is 0 Å². The lowest BCUT2D eigenvalue weighted by Gasteiger charge is -2.18. The monoisotopic (exact) mass is 361 g/mol. The van der Waals surface area contributed by atoms with Crippen molar-refractivity contribution in [1.82, 2.24) is 5.32 Å². The molecule has 0 aliphatic heterocycles. The normalized spacial score (nSPS) is 12.1. The van der Waals surface area contributed by atoms with Crippen LogP contribution < -0.4 is 5.32 Å². The van der Waals surface area contributed by atoms with Crippen LogP contribution in [-0.4, -0.2) is 25.0 Å². The smallest absolute Gasteiger partial charge is 0.328 e. The van der Waals surface area contributed by atoms with Crippen molar-refractivity contribution in [2.45, 2.75) is 26.3 Å². The lowest BCUT2D eigenvalue weighted by atomic mass is 10.0. The lowest BCUT2D eigenvalue weighted by molar-refractivity contribution is -0.143. The maximum atomic E-state index is 12.2. The maximum absolute atomic E-state index is 12.2. The third-order valence-corrected chi connectivity index (χ3v) is 3.99. The lowest BCUT2D eigenvalue weighted by Crippen LogP contribution is -2.42. The van der Waals surface area contributed by atoms with Gasteiger partial charge >= 0.3 is 5.97 Å². The number of benzene rings is 1. The van der Waals surface area contributed by atoms with E-state index in [0.29, 0.717) is 21.5 Å². The van der Waals surface area contributed by atoms with E-state index in [1.165, 1.54) is 7.11 Å². The third-order valence-electron chi connectivity index (χ3n) is 2.69. The molecule has 20 heavy (non-hydrogen) atoms. The molecule has 0 spiro atoms. The molecule has 0 radical (unpaired) electrons. The number of carbonyl (C=O) groups excluding carboxylic acids is 2. The second-order valence-electron chi connectivity index (χ2n) is 4.78. The highest BCUT2D eigenvalue weighted by atomic mass is 79.9. The highest BCUT2D eigenvalue weighted by Gasteiger charge is 2.24. The molecule has 0 saturated heterocycles. The molecule has 0 heterocycles. The molecule has 1 atom stereocenters. The summed E-state index contributed by atoms with van der Waals surface area (Å²) in [6.07, 6.45) is 0.504. The number of halogens is 2. The Morgan fingerprint density at radius 1 is 1.40 bits per heavy atom. The minimum absolute atomic E-state index is 0.248. The fourth-order valence-electron chi connectivity index (χ4n) is 1.74. The van der Waals surface area contributed by atoms with Crippen LogP contribution in [0.4, 0.5) is 0 Å². The summed E-state index contributed by atoms with van der Waals surface area (Å²) in [7, 11) is 1.30. The summed E-state index contributed by atoms with van der Waals surface area (Å²) in [6, 6.07) is 4.38.